The Morgan fingerprint density at radius 1 is 1.27 bits per heavy atom. The van der Waals surface area contributed by atoms with Crippen molar-refractivity contribution in [1.29, 1.82) is 0 Å². The zero-order chi connectivity index (χ0) is 19.3. The lowest BCUT2D eigenvalue weighted by molar-refractivity contribution is -0.166. The molecule has 0 aliphatic carbocycles. The maximum Gasteiger partial charge on any atom is 0.319 e. The van der Waals surface area contributed by atoms with Crippen molar-refractivity contribution in [3.05, 3.63) is 41.9 Å². The lowest BCUT2D eigenvalue weighted by Gasteiger charge is -2.32. The van der Waals surface area contributed by atoms with Crippen LogP contribution in [0.4, 0.5) is 0 Å². The second-order valence-corrected chi connectivity index (χ2v) is 6.68. The largest absolute Gasteiger partial charge is 0.465 e. The van der Waals surface area contributed by atoms with Gasteiger partial charge in [0, 0.05) is 5.02 Å². The van der Waals surface area contributed by atoms with Crippen LogP contribution in [0.5, 0.6) is 5.75 Å². The molecular weight excluding hydrogens is 358 g/mol. The number of hydrogen-bond acceptors (Lipinski definition) is 6. The number of ether oxygens (including phenoxy) is 2. The van der Waals surface area contributed by atoms with Crippen molar-refractivity contribution in [3.63, 3.8) is 0 Å². The molecule has 0 bridgehead atoms. The van der Waals surface area contributed by atoms with Crippen molar-refractivity contribution in [3.8, 4) is 5.75 Å². The molecule has 0 aliphatic rings. The van der Waals surface area contributed by atoms with E-state index in [1.807, 2.05) is 0 Å². The second-order valence-electron chi connectivity index (χ2n) is 6.24. The van der Waals surface area contributed by atoms with Gasteiger partial charge in [-0.2, -0.15) is 5.10 Å². The molecule has 0 amide bonds. The molecule has 0 fully saturated rings. The Morgan fingerprint density at radius 3 is 2.42 bits per heavy atom. The summed E-state index contributed by atoms with van der Waals surface area (Å²) in [6, 6.07) is 6.56. The van der Waals surface area contributed by atoms with Gasteiger partial charge in [0.15, 0.2) is 0 Å². The molecule has 0 saturated carbocycles. The van der Waals surface area contributed by atoms with E-state index in [4.69, 9.17) is 21.1 Å². The van der Waals surface area contributed by atoms with Gasteiger partial charge >= 0.3 is 5.97 Å². The van der Waals surface area contributed by atoms with E-state index in [1.54, 1.807) is 52.0 Å². The van der Waals surface area contributed by atoms with Crippen LogP contribution in [0.2, 0.25) is 5.02 Å². The number of esters is 1. The number of Topliss-reactive ketones (excluding diaryl/α,β-unsaturated/α-hetero) is 1. The average Bonchev–Trinajstić information content (AvgIpc) is 3.14. The summed E-state index contributed by atoms with van der Waals surface area (Å²) in [4.78, 5) is 29.8. The third kappa shape index (κ3) is 4.04. The Morgan fingerprint density at radius 2 is 1.92 bits per heavy atom. The van der Waals surface area contributed by atoms with Gasteiger partial charge in [-0.1, -0.05) is 25.4 Å². The molecule has 0 aliphatic heterocycles. The number of aromatic nitrogens is 3. The van der Waals surface area contributed by atoms with Crippen molar-refractivity contribution in [2.75, 3.05) is 6.61 Å². The van der Waals surface area contributed by atoms with Gasteiger partial charge in [0.2, 0.25) is 5.78 Å². The van der Waals surface area contributed by atoms with Crippen LogP contribution in [0.15, 0.2) is 36.9 Å². The number of rotatable bonds is 8. The minimum atomic E-state index is -1.40. The minimum absolute atomic E-state index is 0.181. The van der Waals surface area contributed by atoms with Crippen LogP contribution in [-0.2, 0) is 14.3 Å². The fourth-order valence-corrected chi connectivity index (χ4v) is 2.49. The molecule has 8 heteroatoms. The predicted octanol–water partition coefficient (Wildman–Crippen LogP) is 3.30. The van der Waals surface area contributed by atoms with E-state index < -0.39 is 23.4 Å². The molecule has 1 aromatic heterocycles. The van der Waals surface area contributed by atoms with Gasteiger partial charge in [-0.15, -0.1) is 0 Å². The summed E-state index contributed by atoms with van der Waals surface area (Å²) in [5.41, 5.74) is -1.40. The van der Waals surface area contributed by atoms with Gasteiger partial charge in [-0.25, -0.2) is 9.67 Å². The van der Waals surface area contributed by atoms with Crippen LogP contribution in [0, 0.1) is 11.3 Å². The van der Waals surface area contributed by atoms with Crippen LogP contribution >= 0.6 is 11.6 Å². The molecule has 0 N–H and O–H groups in total. The summed E-state index contributed by atoms with van der Waals surface area (Å²) < 4.78 is 12.3. The quantitative estimate of drug-likeness (QED) is 0.517. The minimum Gasteiger partial charge on any atom is -0.465 e. The first-order valence-corrected chi connectivity index (χ1v) is 8.66. The Hall–Kier alpha value is -2.41. The lowest BCUT2D eigenvalue weighted by atomic mass is 9.74. The van der Waals surface area contributed by atoms with Crippen molar-refractivity contribution < 1.29 is 19.1 Å². The standard InChI is InChI=1S/C18H22ClN3O4/c1-5-25-17(24)18(4,12(2)3)15(23)16(22-11-20-10-21-22)26-14-8-6-13(19)7-9-14/h6-12,16H,5H2,1-4H3. The molecule has 2 aromatic rings. The van der Waals surface area contributed by atoms with Crippen molar-refractivity contribution in [1.82, 2.24) is 14.8 Å². The number of halogens is 1. The first kappa shape index (κ1) is 19.9. The van der Waals surface area contributed by atoms with E-state index in [1.165, 1.54) is 17.3 Å². The topological polar surface area (TPSA) is 83.3 Å². The average molecular weight is 380 g/mol. The van der Waals surface area contributed by atoms with Crippen molar-refractivity contribution >= 4 is 23.4 Å². The Balaban J connectivity index is 2.41. The monoisotopic (exact) mass is 379 g/mol. The molecule has 1 heterocycles. The summed E-state index contributed by atoms with van der Waals surface area (Å²) in [7, 11) is 0. The first-order valence-electron chi connectivity index (χ1n) is 8.28. The third-order valence-electron chi connectivity index (χ3n) is 4.33. The summed E-state index contributed by atoms with van der Waals surface area (Å²) >= 11 is 5.89. The number of carbonyl (C=O) groups is 2. The fraction of sp³-hybridized carbons (Fsp3) is 0.444. The van der Waals surface area contributed by atoms with Crippen molar-refractivity contribution in [2.24, 2.45) is 11.3 Å². The summed E-state index contributed by atoms with van der Waals surface area (Å²) in [5, 5.41) is 4.55. The highest BCUT2D eigenvalue weighted by Crippen LogP contribution is 2.35. The molecular formula is C18H22ClN3O4. The maximum atomic E-state index is 13.4. The summed E-state index contributed by atoms with van der Waals surface area (Å²) in [5.74, 6) is -0.955. The number of hydrogen-bond donors (Lipinski definition) is 0. The number of ketones is 1. The summed E-state index contributed by atoms with van der Waals surface area (Å²) in [6.45, 7) is 7.01. The molecule has 1 aromatic carbocycles. The fourth-order valence-electron chi connectivity index (χ4n) is 2.37. The first-order chi connectivity index (χ1) is 12.3. The molecule has 140 valence electrons. The van der Waals surface area contributed by atoms with Crippen molar-refractivity contribution in [2.45, 2.75) is 33.9 Å². The van der Waals surface area contributed by atoms with Crippen LogP contribution in [0.1, 0.15) is 33.9 Å². The van der Waals surface area contributed by atoms with E-state index >= 15 is 0 Å². The van der Waals surface area contributed by atoms with E-state index in [2.05, 4.69) is 10.1 Å². The van der Waals surface area contributed by atoms with Crippen LogP contribution < -0.4 is 4.74 Å². The predicted molar refractivity (Wildman–Crippen MR) is 95.7 cm³/mol. The van der Waals surface area contributed by atoms with Gasteiger partial charge in [0.25, 0.3) is 6.23 Å². The van der Waals surface area contributed by atoms with Gasteiger partial charge in [0.1, 0.15) is 23.8 Å². The highest BCUT2D eigenvalue weighted by Gasteiger charge is 2.50. The van der Waals surface area contributed by atoms with Gasteiger partial charge < -0.3 is 9.47 Å². The molecule has 2 rings (SSSR count). The summed E-state index contributed by atoms with van der Waals surface area (Å²) in [6.07, 6.45) is 1.49. The van der Waals surface area contributed by atoms with Gasteiger partial charge in [-0.05, 0) is 44.0 Å². The normalized spacial score (nSPS) is 14.5. The van der Waals surface area contributed by atoms with E-state index in [-0.39, 0.29) is 12.5 Å². The number of carbonyl (C=O) groups excluding carboxylic acids is 2. The smallest absolute Gasteiger partial charge is 0.319 e. The zero-order valence-electron chi connectivity index (χ0n) is 15.2. The molecule has 26 heavy (non-hydrogen) atoms. The molecule has 0 radical (unpaired) electrons. The molecule has 2 atom stereocenters. The third-order valence-corrected chi connectivity index (χ3v) is 4.58. The van der Waals surface area contributed by atoms with E-state index in [9.17, 15) is 9.59 Å². The van der Waals surface area contributed by atoms with E-state index in [0.717, 1.165) is 0 Å². The Labute approximate surface area is 157 Å². The van der Waals surface area contributed by atoms with Crippen LogP contribution in [0.3, 0.4) is 0 Å². The maximum absolute atomic E-state index is 13.4. The Bertz CT molecular complexity index is 746. The highest BCUT2D eigenvalue weighted by atomic mass is 35.5. The highest BCUT2D eigenvalue weighted by molar-refractivity contribution is 6.30. The van der Waals surface area contributed by atoms with Gasteiger partial charge in [-0.3, -0.25) is 9.59 Å². The molecule has 7 nitrogen and oxygen atoms in total. The molecule has 0 spiro atoms. The number of nitrogens with zero attached hydrogens (tertiary/aromatic N) is 3. The number of benzene rings is 1. The SMILES string of the molecule is CCOC(=O)C(C)(C(=O)C(Oc1ccc(Cl)cc1)n1cncn1)C(C)C. The molecule has 0 saturated heterocycles. The molecule has 2 unspecified atom stereocenters. The van der Waals surface area contributed by atoms with Crippen LogP contribution in [0.25, 0.3) is 0 Å². The van der Waals surface area contributed by atoms with E-state index in [0.29, 0.717) is 10.8 Å². The Kier molecular flexibility index (Phi) is 6.37. The zero-order valence-corrected chi connectivity index (χ0v) is 15.9. The van der Waals surface area contributed by atoms with Gasteiger partial charge in [0.05, 0.1) is 6.61 Å². The van der Waals surface area contributed by atoms with Crippen LogP contribution in [-0.4, -0.2) is 33.1 Å². The lowest BCUT2D eigenvalue weighted by Crippen LogP contribution is -2.47. The second kappa shape index (κ2) is 8.31.